The summed E-state index contributed by atoms with van der Waals surface area (Å²) in [6, 6.07) is 2.16. The van der Waals surface area contributed by atoms with E-state index in [2.05, 4.69) is 4.98 Å². The van der Waals surface area contributed by atoms with Gasteiger partial charge in [0, 0.05) is 11.6 Å². The number of halogens is 4. The standard InChI is InChI=1S/C16H13F4N3O2S/c1-7(2)23-11-5-10(9(17)4-12(11)26-15(23)25)22-6-21-13(16(18,19)20)8(3)14(22)24/h4-7H,1-3H3. The predicted octanol–water partition coefficient (Wildman–Crippen LogP) is 3.66. The molecule has 0 radical (unpaired) electrons. The Hall–Kier alpha value is -2.49. The molecule has 0 N–H and O–H groups in total. The van der Waals surface area contributed by atoms with E-state index in [9.17, 15) is 27.2 Å². The fourth-order valence-electron chi connectivity index (χ4n) is 2.72. The topological polar surface area (TPSA) is 56.9 Å². The summed E-state index contributed by atoms with van der Waals surface area (Å²) in [5, 5.41) is 0. The summed E-state index contributed by atoms with van der Waals surface area (Å²) >= 11 is 0.854. The first-order chi connectivity index (χ1) is 12.0. The summed E-state index contributed by atoms with van der Waals surface area (Å²) in [6.07, 6.45) is -4.14. The van der Waals surface area contributed by atoms with Gasteiger partial charge in [-0.05, 0) is 32.9 Å². The monoisotopic (exact) mass is 387 g/mol. The number of nitrogens with zero attached hydrogens (tertiary/aromatic N) is 3. The van der Waals surface area contributed by atoms with Gasteiger partial charge in [0.2, 0.25) is 0 Å². The Bertz CT molecular complexity index is 1130. The molecule has 0 spiro atoms. The Morgan fingerprint density at radius 2 is 1.85 bits per heavy atom. The molecule has 26 heavy (non-hydrogen) atoms. The van der Waals surface area contributed by atoms with Crippen LogP contribution in [-0.2, 0) is 6.18 Å². The molecule has 0 atom stereocenters. The number of alkyl halides is 3. The minimum atomic E-state index is -4.78. The van der Waals surface area contributed by atoms with Gasteiger partial charge in [-0.15, -0.1) is 0 Å². The summed E-state index contributed by atoms with van der Waals surface area (Å²) in [6.45, 7) is 4.53. The molecule has 0 saturated heterocycles. The van der Waals surface area contributed by atoms with Crippen LogP contribution in [0.25, 0.3) is 15.9 Å². The van der Waals surface area contributed by atoms with Crippen molar-refractivity contribution >= 4 is 21.6 Å². The lowest BCUT2D eigenvalue weighted by Gasteiger charge is -2.13. The molecule has 0 aliphatic heterocycles. The summed E-state index contributed by atoms with van der Waals surface area (Å²) in [5.41, 5.74) is -2.84. The van der Waals surface area contributed by atoms with Crippen LogP contribution < -0.4 is 10.4 Å². The van der Waals surface area contributed by atoms with Crippen molar-refractivity contribution in [3.8, 4) is 5.69 Å². The number of hydrogen-bond donors (Lipinski definition) is 0. The third-order valence-corrected chi connectivity index (χ3v) is 4.84. The minimum Gasteiger partial charge on any atom is -0.296 e. The van der Waals surface area contributed by atoms with Crippen LogP contribution in [0.5, 0.6) is 0 Å². The summed E-state index contributed by atoms with van der Waals surface area (Å²) in [5.74, 6) is -0.835. The van der Waals surface area contributed by atoms with Crippen LogP contribution in [0.3, 0.4) is 0 Å². The van der Waals surface area contributed by atoms with Crippen LogP contribution in [0, 0.1) is 12.7 Å². The van der Waals surface area contributed by atoms with Crippen LogP contribution in [0.2, 0.25) is 0 Å². The van der Waals surface area contributed by atoms with Gasteiger partial charge in [-0.2, -0.15) is 13.2 Å². The van der Waals surface area contributed by atoms with Crippen molar-refractivity contribution in [3.05, 3.63) is 55.6 Å². The number of rotatable bonds is 2. The van der Waals surface area contributed by atoms with Crippen LogP contribution in [0.1, 0.15) is 31.1 Å². The van der Waals surface area contributed by atoms with E-state index in [0.717, 1.165) is 24.3 Å². The number of aromatic nitrogens is 3. The van der Waals surface area contributed by atoms with Crippen molar-refractivity contribution < 1.29 is 17.6 Å². The highest BCUT2D eigenvalue weighted by Crippen LogP contribution is 2.29. The van der Waals surface area contributed by atoms with E-state index in [-0.39, 0.29) is 16.6 Å². The Labute approximate surface area is 148 Å². The maximum Gasteiger partial charge on any atom is 0.433 e. The number of hydrogen-bond acceptors (Lipinski definition) is 4. The highest BCUT2D eigenvalue weighted by atomic mass is 32.1. The summed E-state index contributed by atoms with van der Waals surface area (Å²) in [7, 11) is 0. The van der Waals surface area contributed by atoms with Gasteiger partial charge in [-0.25, -0.2) is 9.37 Å². The van der Waals surface area contributed by atoms with Gasteiger partial charge in [0.1, 0.15) is 12.1 Å². The quantitative estimate of drug-likeness (QED) is 0.631. The normalized spacial score (nSPS) is 12.3. The van der Waals surface area contributed by atoms with Gasteiger partial charge in [-0.1, -0.05) is 11.3 Å². The molecule has 0 unspecified atom stereocenters. The Kier molecular flexibility index (Phi) is 4.26. The largest absolute Gasteiger partial charge is 0.433 e. The van der Waals surface area contributed by atoms with E-state index < -0.39 is 28.8 Å². The molecule has 1 aromatic carbocycles. The minimum absolute atomic E-state index is 0.209. The third-order valence-electron chi connectivity index (χ3n) is 3.92. The predicted molar refractivity (Wildman–Crippen MR) is 89.6 cm³/mol. The van der Waals surface area contributed by atoms with Crippen LogP contribution in [0.4, 0.5) is 17.6 Å². The molecule has 0 aliphatic carbocycles. The van der Waals surface area contributed by atoms with E-state index in [1.807, 2.05) is 0 Å². The van der Waals surface area contributed by atoms with Gasteiger partial charge in [-0.3, -0.25) is 18.7 Å². The first-order valence-corrected chi connectivity index (χ1v) is 8.34. The molecule has 2 aromatic heterocycles. The molecule has 5 nitrogen and oxygen atoms in total. The zero-order valence-electron chi connectivity index (χ0n) is 13.9. The van der Waals surface area contributed by atoms with E-state index in [0.29, 0.717) is 21.1 Å². The SMILES string of the molecule is Cc1c(C(F)(F)F)ncn(-c2cc3c(cc2F)sc(=O)n3C(C)C)c1=O. The summed E-state index contributed by atoms with van der Waals surface area (Å²) in [4.78, 5) is 27.4. The van der Waals surface area contributed by atoms with Gasteiger partial charge < -0.3 is 0 Å². The van der Waals surface area contributed by atoms with Crippen LogP contribution in [0.15, 0.2) is 28.0 Å². The second-order valence-corrected chi connectivity index (χ2v) is 6.99. The molecule has 10 heteroatoms. The van der Waals surface area contributed by atoms with Gasteiger partial charge >= 0.3 is 11.0 Å². The maximum absolute atomic E-state index is 14.5. The zero-order valence-corrected chi connectivity index (χ0v) is 14.7. The molecule has 138 valence electrons. The highest BCUT2D eigenvalue weighted by Gasteiger charge is 2.36. The molecule has 2 heterocycles. The lowest BCUT2D eigenvalue weighted by atomic mass is 10.2. The molecule has 0 amide bonds. The second kappa shape index (κ2) is 6.04. The first-order valence-electron chi connectivity index (χ1n) is 7.52. The second-order valence-electron chi connectivity index (χ2n) is 5.99. The zero-order chi connectivity index (χ0) is 19.4. The third kappa shape index (κ3) is 2.83. The van der Waals surface area contributed by atoms with Gasteiger partial charge in [0.25, 0.3) is 5.56 Å². The first kappa shape index (κ1) is 18.3. The van der Waals surface area contributed by atoms with Crippen molar-refractivity contribution in [1.29, 1.82) is 0 Å². The average molecular weight is 387 g/mol. The molecule has 3 rings (SSSR count). The Morgan fingerprint density at radius 3 is 2.42 bits per heavy atom. The van der Waals surface area contributed by atoms with Gasteiger partial charge in [0.05, 0.1) is 15.9 Å². The van der Waals surface area contributed by atoms with Crippen molar-refractivity contribution in [1.82, 2.24) is 14.1 Å². The number of fused-ring (bicyclic) bond motifs is 1. The van der Waals surface area contributed by atoms with Gasteiger partial charge in [0.15, 0.2) is 5.69 Å². The van der Waals surface area contributed by atoms with E-state index >= 15 is 0 Å². The van der Waals surface area contributed by atoms with Crippen molar-refractivity contribution in [3.63, 3.8) is 0 Å². The summed E-state index contributed by atoms with van der Waals surface area (Å²) < 4.78 is 55.6. The molecular weight excluding hydrogens is 374 g/mol. The fourth-order valence-corrected chi connectivity index (χ4v) is 3.74. The van der Waals surface area contributed by atoms with Crippen LogP contribution in [-0.4, -0.2) is 14.1 Å². The van der Waals surface area contributed by atoms with Crippen molar-refractivity contribution in [2.45, 2.75) is 33.0 Å². The molecular formula is C16H13F4N3O2S. The highest BCUT2D eigenvalue weighted by molar-refractivity contribution is 7.16. The average Bonchev–Trinajstić information content (AvgIpc) is 2.83. The Balaban J connectivity index is 2.31. The molecule has 0 bridgehead atoms. The lowest BCUT2D eigenvalue weighted by molar-refractivity contribution is -0.141. The maximum atomic E-state index is 14.5. The molecule has 0 fully saturated rings. The lowest BCUT2D eigenvalue weighted by Crippen LogP contribution is -2.27. The van der Waals surface area contributed by atoms with Crippen molar-refractivity contribution in [2.24, 2.45) is 0 Å². The smallest absolute Gasteiger partial charge is 0.296 e. The van der Waals surface area contributed by atoms with Crippen LogP contribution >= 0.6 is 11.3 Å². The van der Waals surface area contributed by atoms with E-state index in [1.54, 1.807) is 13.8 Å². The molecule has 3 aromatic rings. The number of benzene rings is 1. The van der Waals surface area contributed by atoms with E-state index in [1.165, 1.54) is 10.6 Å². The molecule has 0 saturated carbocycles. The number of thiazole rings is 1. The molecule has 0 aliphatic rings. The van der Waals surface area contributed by atoms with E-state index in [4.69, 9.17) is 0 Å². The fraction of sp³-hybridized carbons (Fsp3) is 0.312. The Morgan fingerprint density at radius 1 is 1.19 bits per heavy atom. The van der Waals surface area contributed by atoms with Crippen molar-refractivity contribution in [2.75, 3.05) is 0 Å².